The van der Waals surface area contributed by atoms with Crippen molar-refractivity contribution in [1.29, 1.82) is 0 Å². The molecule has 1 aromatic heterocycles. The number of nitrogens with one attached hydrogen (secondary N) is 1. The third-order valence-electron chi connectivity index (χ3n) is 5.05. The van der Waals surface area contributed by atoms with Crippen molar-refractivity contribution < 1.29 is 9.53 Å². The molecular weight excluding hydrogens is 354 g/mol. The van der Waals surface area contributed by atoms with Crippen LogP contribution >= 0.6 is 0 Å². The molecule has 2 heterocycles. The van der Waals surface area contributed by atoms with E-state index in [0.717, 1.165) is 49.6 Å². The lowest BCUT2D eigenvalue weighted by molar-refractivity contribution is 0.0667. The Morgan fingerprint density at radius 1 is 1.32 bits per heavy atom. The molecule has 1 saturated heterocycles. The summed E-state index contributed by atoms with van der Waals surface area (Å²) < 4.78 is 7.47. The standard InChI is InChI=1S/C21H31N5O2/c1-5-19-20(21(27)25-12-6-7-16(14-25)13-22-4)23-24-26(19)17-8-10-18(11-9-17)28-15(2)3/h8-11,15-16,22H,5-7,12-14H2,1-4H3/t16-/m0/s1. The van der Waals surface area contributed by atoms with E-state index in [1.54, 1.807) is 4.68 Å². The van der Waals surface area contributed by atoms with Crippen LogP contribution in [0.3, 0.4) is 0 Å². The molecule has 28 heavy (non-hydrogen) atoms. The van der Waals surface area contributed by atoms with Crippen LogP contribution in [0, 0.1) is 5.92 Å². The first-order valence-corrected chi connectivity index (χ1v) is 10.2. The topological polar surface area (TPSA) is 72.3 Å². The monoisotopic (exact) mass is 385 g/mol. The number of benzene rings is 1. The maximum absolute atomic E-state index is 13.1. The Kier molecular flexibility index (Phi) is 6.67. The summed E-state index contributed by atoms with van der Waals surface area (Å²) in [6.07, 6.45) is 3.00. The van der Waals surface area contributed by atoms with E-state index in [1.165, 1.54) is 0 Å². The van der Waals surface area contributed by atoms with Crippen LogP contribution < -0.4 is 10.1 Å². The van der Waals surface area contributed by atoms with E-state index >= 15 is 0 Å². The molecule has 0 spiro atoms. The summed E-state index contributed by atoms with van der Waals surface area (Å²) in [5.74, 6) is 1.30. The van der Waals surface area contributed by atoms with Gasteiger partial charge in [0.1, 0.15) is 5.75 Å². The number of hydrogen-bond acceptors (Lipinski definition) is 5. The normalized spacial score (nSPS) is 17.2. The lowest BCUT2D eigenvalue weighted by Crippen LogP contribution is -2.42. The Labute approximate surface area is 167 Å². The Morgan fingerprint density at radius 3 is 2.71 bits per heavy atom. The molecule has 0 aliphatic carbocycles. The van der Waals surface area contributed by atoms with Crippen molar-refractivity contribution in [2.24, 2.45) is 5.92 Å². The van der Waals surface area contributed by atoms with Gasteiger partial charge in [0, 0.05) is 13.1 Å². The van der Waals surface area contributed by atoms with Crippen molar-refractivity contribution in [2.75, 3.05) is 26.7 Å². The third kappa shape index (κ3) is 4.52. The Bertz CT molecular complexity index is 783. The van der Waals surface area contributed by atoms with Crippen molar-refractivity contribution in [1.82, 2.24) is 25.2 Å². The van der Waals surface area contributed by atoms with Crippen LogP contribution in [0.4, 0.5) is 0 Å². The Balaban J connectivity index is 1.80. The Morgan fingerprint density at radius 2 is 2.07 bits per heavy atom. The number of likely N-dealkylation sites (tertiary alicyclic amines) is 1. The van der Waals surface area contributed by atoms with Crippen LogP contribution in [-0.4, -0.2) is 58.6 Å². The first-order valence-electron chi connectivity index (χ1n) is 10.2. The molecule has 3 rings (SSSR count). The minimum Gasteiger partial charge on any atom is -0.491 e. The minimum absolute atomic E-state index is 0.0105. The second kappa shape index (κ2) is 9.19. The van der Waals surface area contributed by atoms with E-state index in [4.69, 9.17) is 4.74 Å². The number of carbonyl (C=O) groups excluding carboxylic acids is 1. The number of piperidine rings is 1. The van der Waals surface area contributed by atoms with E-state index in [0.29, 0.717) is 18.0 Å². The Hall–Kier alpha value is -2.41. The highest BCUT2D eigenvalue weighted by atomic mass is 16.5. The van der Waals surface area contributed by atoms with Gasteiger partial charge in [-0.3, -0.25) is 4.79 Å². The van der Waals surface area contributed by atoms with Gasteiger partial charge < -0.3 is 15.0 Å². The van der Waals surface area contributed by atoms with Crippen LogP contribution in [0.25, 0.3) is 5.69 Å². The summed E-state index contributed by atoms with van der Waals surface area (Å²) in [5, 5.41) is 11.8. The second-order valence-corrected chi connectivity index (χ2v) is 7.63. The molecule has 1 aliphatic rings. The molecule has 1 N–H and O–H groups in total. The van der Waals surface area contributed by atoms with Crippen LogP contribution in [0.15, 0.2) is 24.3 Å². The van der Waals surface area contributed by atoms with Gasteiger partial charge in [-0.2, -0.15) is 0 Å². The van der Waals surface area contributed by atoms with Gasteiger partial charge in [-0.25, -0.2) is 4.68 Å². The van der Waals surface area contributed by atoms with Crippen LogP contribution in [0.2, 0.25) is 0 Å². The first kappa shape index (κ1) is 20.3. The SMILES string of the molecule is CCc1c(C(=O)N2CCC[C@@H](CNC)C2)nnn1-c1ccc(OC(C)C)cc1. The highest BCUT2D eigenvalue weighted by Crippen LogP contribution is 2.22. The van der Waals surface area contributed by atoms with Gasteiger partial charge in [0.15, 0.2) is 5.69 Å². The fraction of sp³-hybridized carbons (Fsp3) is 0.571. The highest BCUT2D eigenvalue weighted by Gasteiger charge is 2.28. The van der Waals surface area contributed by atoms with Gasteiger partial charge in [-0.05, 0) is 76.9 Å². The fourth-order valence-corrected chi connectivity index (χ4v) is 3.79. The number of hydrogen-bond donors (Lipinski definition) is 1. The number of ether oxygens (including phenoxy) is 1. The van der Waals surface area contributed by atoms with E-state index in [1.807, 2.05) is 57.0 Å². The summed E-state index contributed by atoms with van der Waals surface area (Å²) in [6, 6.07) is 7.74. The molecule has 1 fully saturated rings. The zero-order chi connectivity index (χ0) is 20.1. The zero-order valence-corrected chi connectivity index (χ0v) is 17.3. The number of amides is 1. The van der Waals surface area contributed by atoms with Gasteiger partial charge in [0.05, 0.1) is 17.5 Å². The van der Waals surface area contributed by atoms with Crippen molar-refractivity contribution in [2.45, 2.75) is 46.1 Å². The van der Waals surface area contributed by atoms with Gasteiger partial charge in [0.2, 0.25) is 0 Å². The molecule has 2 aromatic rings. The van der Waals surface area contributed by atoms with E-state index in [2.05, 4.69) is 15.6 Å². The summed E-state index contributed by atoms with van der Waals surface area (Å²) in [6.45, 7) is 8.53. The van der Waals surface area contributed by atoms with Gasteiger partial charge in [-0.1, -0.05) is 12.1 Å². The predicted molar refractivity (Wildman–Crippen MR) is 109 cm³/mol. The molecule has 1 amide bonds. The average molecular weight is 386 g/mol. The summed E-state index contributed by atoms with van der Waals surface area (Å²) in [5.41, 5.74) is 2.19. The maximum Gasteiger partial charge on any atom is 0.276 e. The van der Waals surface area contributed by atoms with Gasteiger partial charge in [0.25, 0.3) is 5.91 Å². The molecule has 0 bridgehead atoms. The van der Waals surface area contributed by atoms with Gasteiger partial charge >= 0.3 is 0 Å². The second-order valence-electron chi connectivity index (χ2n) is 7.63. The van der Waals surface area contributed by atoms with Crippen LogP contribution in [0.1, 0.15) is 49.8 Å². The summed E-state index contributed by atoms with van der Waals surface area (Å²) >= 11 is 0. The molecule has 152 valence electrons. The van der Waals surface area contributed by atoms with E-state index < -0.39 is 0 Å². The molecule has 1 aliphatic heterocycles. The van der Waals surface area contributed by atoms with Crippen molar-refractivity contribution in [3.05, 3.63) is 35.7 Å². The van der Waals surface area contributed by atoms with Gasteiger partial charge in [-0.15, -0.1) is 5.10 Å². The largest absolute Gasteiger partial charge is 0.491 e. The number of nitrogens with zero attached hydrogens (tertiary/aromatic N) is 4. The smallest absolute Gasteiger partial charge is 0.276 e. The lowest BCUT2D eigenvalue weighted by Gasteiger charge is -2.32. The number of rotatable bonds is 7. The molecule has 0 saturated carbocycles. The molecule has 7 heteroatoms. The maximum atomic E-state index is 13.1. The highest BCUT2D eigenvalue weighted by molar-refractivity contribution is 5.93. The van der Waals surface area contributed by atoms with Crippen molar-refractivity contribution >= 4 is 5.91 Å². The molecule has 7 nitrogen and oxygen atoms in total. The average Bonchev–Trinajstić information content (AvgIpc) is 3.12. The summed E-state index contributed by atoms with van der Waals surface area (Å²) in [7, 11) is 1.96. The van der Waals surface area contributed by atoms with Crippen molar-refractivity contribution in [3.63, 3.8) is 0 Å². The van der Waals surface area contributed by atoms with Crippen LogP contribution in [-0.2, 0) is 6.42 Å². The van der Waals surface area contributed by atoms with E-state index in [-0.39, 0.29) is 12.0 Å². The minimum atomic E-state index is -0.0105. The summed E-state index contributed by atoms with van der Waals surface area (Å²) in [4.78, 5) is 15.0. The number of aromatic nitrogens is 3. The third-order valence-corrected chi connectivity index (χ3v) is 5.05. The molecule has 0 unspecified atom stereocenters. The first-order chi connectivity index (χ1) is 13.5. The molecular formula is C21H31N5O2. The number of carbonyl (C=O) groups is 1. The quantitative estimate of drug-likeness (QED) is 0.793. The molecule has 1 atom stereocenters. The predicted octanol–water partition coefficient (Wildman–Crippen LogP) is 2.69. The lowest BCUT2D eigenvalue weighted by atomic mass is 9.97. The molecule has 0 radical (unpaired) electrons. The zero-order valence-electron chi connectivity index (χ0n) is 17.3. The molecule has 1 aromatic carbocycles. The van der Waals surface area contributed by atoms with Crippen molar-refractivity contribution in [3.8, 4) is 11.4 Å². The van der Waals surface area contributed by atoms with E-state index in [9.17, 15) is 4.79 Å². The fourth-order valence-electron chi connectivity index (χ4n) is 3.79. The van der Waals surface area contributed by atoms with Crippen LogP contribution in [0.5, 0.6) is 5.75 Å².